The molecular weight excluding hydrogens is 188 g/mol. The number of hydrogen-bond acceptors (Lipinski definition) is 4. The van der Waals surface area contributed by atoms with Crippen LogP contribution < -0.4 is 0 Å². The Morgan fingerprint density at radius 2 is 1.33 bits per heavy atom. The van der Waals surface area contributed by atoms with Gasteiger partial charge >= 0.3 is 0 Å². The van der Waals surface area contributed by atoms with Gasteiger partial charge in [-0.2, -0.15) is 0 Å². The van der Waals surface area contributed by atoms with Crippen LogP contribution in [-0.4, -0.2) is 0 Å². The number of thiophene rings is 2. The molecule has 0 atom stereocenters. The molecule has 4 heteroatoms. The Morgan fingerprint density at radius 1 is 0.833 bits per heavy atom. The van der Waals surface area contributed by atoms with E-state index in [1.54, 1.807) is 22.7 Å². The lowest BCUT2D eigenvalue weighted by molar-refractivity contribution is 1.28. The lowest BCUT2D eigenvalue weighted by atomic mass is 10.6. The lowest BCUT2D eigenvalue weighted by Gasteiger charge is -1.81. The van der Waals surface area contributed by atoms with Crippen molar-refractivity contribution >= 4 is 32.7 Å². The molecule has 0 saturated heterocycles. The highest BCUT2D eigenvalue weighted by Gasteiger charge is 1.89. The van der Waals surface area contributed by atoms with Crippen molar-refractivity contribution < 1.29 is 0 Å². The normalized spacial score (nSPS) is 11.0. The second kappa shape index (κ2) is 3.60. The molecule has 0 fully saturated rings. The fourth-order valence-corrected chi connectivity index (χ4v) is 1.84. The van der Waals surface area contributed by atoms with Crippen molar-refractivity contribution in [3.63, 3.8) is 0 Å². The van der Waals surface area contributed by atoms with E-state index in [2.05, 4.69) is 10.2 Å². The first-order valence-corrected chi connectivity index (χ1v) is 5.20. The molecule has 0 bridgehead atoms. The molecule has 2 rings (SSSR count). The van der Waals surface area contributed by atoms with Crippen LogP contribution >= 0.6 is 22.7 Å². The van der Waals surface area contributed by atoms with E-state index in [0.29, 0.717) is 0 Å². The second-order valence-corrected chi connectivity index (χ2v) is 3.95. The van der Waals surface area contributed by atoms with Gasteiger partial charge in [0.2, 0.25) is 0 Å². The van der Waals surface area contributed by atoms with Crippen LogP contribution in [-0.2, 0) is 0 Å². The highest BCUT2D eigenvalue weighted by Crippen LogP contribution is 2.25. The lowest BCUT2D eigenvalue weighted by Crippen LogP contribution is -1.47. The Morgan fingerprint density at radius 3 is 1.67 bits per heavy atom. The molecule has 2 aromatic rings. The molecule has 0 unspecified atom stereocenters. The summed E-state index contributed by atoms with van der Waals surface area (Å²) in [6, 6.07) is 7.82. The number of rotatable bonds is 2. The second-order valence-electron chi connectivity index (χ2n) is 2.10. The molecule has 2 heterocycles. The van der Waals surface area contributed by atoms with Crippen LogP contribution in [0.15, 0.2) is 45.3 Å². The van der Waals surface area contributed by atoms with E-state index in [1.165, 1.54) is 0 Å². The van der Waals surface area contributed by atoms with E-state index in [1.807, 2.05) is 35.0 Å². The van der Waals surface area contributed by atoms with Crippen molar-refractivity contribution in [2.75, 3.05) is 0 Å². The third-order valence-electron chi connectivity index (χ3n) is 1.26. The quantitative estimate of drug-likeness (QED) is 0.639. The van der Waals surface area contributed by atoms with Gasteiger partial charge in [0.15, 0.2) is 0 Å². The molecule has 0 aliphatic rings. The molecule has 0 spiro atoms. The first-order chi connectivity index (χ1) is 5.95. The maximum atomic E-state index is 4.06. The van der Waals surface area contributed by atoms with Gasteiger partial charge in [-0.1, -0.05) is 0 Å². The summed E-state index contributed by atoms with van der Waals surface area (Å²) in [7, 11) is 0. The van der Waals surface area contributed by atoms with Gasteiger partial charge in [0.1, 0.15) is 10.0 Å². The van der Waals surface area contributed by atoms with E-state index in [4.69, 9.17) is 0 Å². The van der Waals surface area contributed by atoms with Crippen molar-refractivity contribution in [2.24, 2.45) is 10.2 Å². The molecule has 0 saturated carbocycles. The van der Waals surface area contributed by atoms with Crippen molar-refractivity contribution in [1.29, 1.82) is 0 Å². The Labute approximate surface area is 78.2 Å². The smallest absolute Gasteiger partial charge is 0.138 e. The van der Waals surface area contributed by atoms with Gasteiger partial charge in [-0.25, -0.2) is 0 Å². The fourth-order valence-electron chi connectivity index (χ4n) is 0.752. The predicted octanol–water partition coefficient (Wildman–Crippen LogP) is 4.23. The molecule has 0 radical (unpaired) electrons. The average molecular weight is 194 g/mol. The minimum absolute atomic E-state index is 0.948. The van der Waals surface area contributed by atoms with Crippen LogP contribution in [0.25, 0.3) is 0 Å². The molecule has 0 aromatic carbocycles. The molecule has 60 valence electrons. The van der Waals surface area contributed by atoms with Gasteiger partial charge in [-0.15, -0.1) is 32.9 Å². The summed E-state index contributed by atoms with van der Waals surface area (Å²) in [5.41, 5.74) is 0. The van der Waals surface area contributed by atoms with Crippen LogP contribution in [0, 0.1) is 0 Å². The zero-order valence-corrected chi connectivity index (χ0v) is 7.81. The molecule has 0 aliphatic carbocycles. The van der Waals surface area contributed by atoms with Gasteiger partial charge in [0.05, 0.1) is 0 Å². The minimum Gasteiger partial charge on any atom is -0.139 e. The topological polar surface area (TPSA) is 24.7 Å². The van der Waals surface area contributed by atoms with Crippen molar-refractivity contribution in [2.45, 2.75) is 0 Å². The number of nitrogens with zero attached hydrogens (tertiary/aromatic N) is 2. The predicted molar refractivity (Wildman–Crippen MR) is 52.8 cm³/mol. The van der Waals surface area contributed by atoms with Crippen LogP contribution in [0.4, 0.5) is 10.0 Å². The summed E-state index contributed by atoms with van der Waals surface area (Å²) < 4.78 is 0. The number of hydrogen-bond donors (Lipinski definition) is 0. The van der Waals surface area contributed by atoms with Crippen molar-refractivity contribution in [3.05, 3.63) is 35.0 Å². The summed E-state index contributed by atoms with van der Waals surface area (Å²) >= 11 is 3.18. The van der Waals surface area contributed by atoms with E-state index in [0.717, 1.165) is 10.0 Å². The molecule has 0 amide bonds. The zero-order chi connectivity index (χ0) is 8.23. The molecule has 0 N–H and O–H groups in total. The van der Waals surface area contributed by atoms with Gasteiger partial charge in [0.25, 0.3) is 0 Å². The minimum atomic E-state index is 0.948. The maximum absolute atomic E-state index is 4.06. The Bertz CT molecular complexity index is 312. The summed E-state index contributed by atoms with van der Waals surface area (Å²) in [4.78, 5) is 0. The molecule has 2 aromatic heterocycles. The van der Waals surface area contributed by atoms with Gasteiger partial charge < -0.3 is 0 Å². The van der Waals surface area contributed by atoms with Crippen LogP contribution in [0.5, 0.6) is 0 Å². The van der Waals surface area contributed by atoms with Crippen LogP contribution in [0.1, 0.15) is 0 Å². The van der Waals surface area contributed by atoms with Crippen LogP contribution in [0.2, 0.25) is 0 Å². The summed E-state index contributed by atoms with van der Waals surface area (Å²) in [6.45, 7) is 0. The van der Waals surface area contributed by atoms with Crippen molar-refractivity contribution in [3.8, 4) is 0 Å². The van der Waals surface area contributed by atoms with Crippen molar-refractivity contribution in [1.82, 2.24) is 0 Å². The third-order valence-corrected chi connectivity index (χ3v) is 2.76. The van der Waals surface area contributed by atoms with Crippen LogP contribution in [0.3, 0.4) is 0 Å². The molecule has 2 nitrogen and oxygen atoms in total. The third kappa shape index (κ3) is 1.78. The van der Waals surface area contributed by atoms with E-state index >= 15 is 0 Å². The monoisotopic (exact) mass is 194 g/mol. The van der Waals surface area contributed by atoms with E-state index < -0.39 is 0 Å². The maximum Gasteiger partial charge on any atom is 0.138 e. The number of azo groups is 1. The SMILES string of the molecule is c1csc(N=Nc2cccs2)c1. The standard InChI is InChI=1S/C8H6N2S2/c1-3-7(11-5-1)9-10-8-4-2-6-12-8/h1-6H. The first-order valence-electron chi connectivity index (χ1n) is 3.44. The highest BCUT2D eigenvalue weighted by atomic mass is 32.1. The van der Waals surface area contributed by atoms with E-state index in [9.17, 15) is 0 Å². The summed E-state index contributed by atoms with van der Waals surface area (Å²) in [5, 5.41) is 14.0. The fraction of sp³-hybridized carbons (Fsp3) is 0. The molecule has 12 heavy (non-hydrogen) atoms. The highest BCUT2D eigenvalue weighted by molar-refractivity contribution is 7.14. The molecule has 0 aliphatic heterocycles. The van der Waals surface area contributed by atoms with Gasteiger partial charge in [0, 0.05) is 0 Å². The van der Waals surface area contributed by atoms with E-state index in [-0.39, 0.29) is 0 Å². The summed E-state index contributed by atoms with van der Waals surface area (Å²) in [6.07, 6.45) is 0. The summed E-state index contributed by atoms with van der Waals surface area (Å²) in [5.74, 6) is 0. The zero-order valence-electron chi connectivity index (χ0n) is 6.18. The Hall–Kier alpha value is -1.00. The molecular formula is C8H6N2S2. The Kier molecular flexibility index (Phi) is 2.29. The average Bonchev–Trinajstić information content (AvgIpc) is 2.74. The van der Waals surface area contributed by atoms with Gasteiger partial charge in [-0.05, 0) is 35.0 Å². The van der Waals surface area contributed by atoms with Gasteiger partial charge in [-0.3, -0.25) is 0 Å². The Balaban J connectivity index is 2.14. The largest absolute Gasteiger partial charge is 0.139 e. The first kappa shape index (κ1) is 7.64.